The fourth-order valence-corrected chi connectivity index (χ4v) is 2.31. The van der Waals surface area contributed by atoms with Gasteiger partial charge >= 0.3 is 0 Å². The highest BCUT2D eigenvalue weighted by molar-refractivity contribution is 6.10. The number of fused-ring (bicyclic) bond motifs is 1. The number of benzene rings is 2. The Morgan fingerprint density at radius 1 is 1.19 bits per heavy atom. The van der Waals surface area contributed by atoms with E-state index in [1.807, 2.05) is 13.0 Å². The Morgan fingerprint density at radius 3 is 2.71 bits per heavy atom. The molecular weight excluding hydrogens is 271 g/mol. The molecule has 1 aromatic heterocycles. The lowest BCUT2D eigenvalue weighted by molar-refractivity contribution is 0.101. The molecule has 0 saturated heterocycles. The largest absolute Gasteiger partial charge is 0.497 e. The summed E-state index contributed by atoms with van der Waals surface area (Å²) >= 11 is 0. The van der Waals surface area contributed by atoms with Gasteiger partial charge in [0.25, 0.3) is 0 Å². The maximum absolute atomic E-state index is 13.2. The van der Waals surface area contributed by atoms with Crippen LogP contribution < -0.4 is 4.74 Å². The topological polar surface area (TPSA) is 39.4 Å². The molecule has 4 heteroatoms. The average Bonchev–Trinajstić information content (AvgIpc) is 2.83. The van der Waals surface area contributed by atoms with Crippen molar-refractivity contribution in [2.45, 2.75) is 6.92 Å². The molecule has 0 aliphatic rings. The molecule has 0 radical (unpaired) electrons. The molecule has 3 aromatic rings. The second kappa shape index (κ2) is 5.05. The summed E-state index contributed by atoms with van der Waals surface area (Å²) in [6.07, 6.45) is 0. The van der Waals surface area contributed by atoms with E-state index in [1.165, 1.54) is 18.2 Å². The van der Waals surface area contributed by atoms with Crippen LogP contribution in [0.5, 0.6) is 5.75 Å². The van der Waals surface area contributed by atoms with Gasteiger partial charge in [-0.15, -0.1) is 0 Å². The van der Waals surface area contributed by atoms with Gasteiger partial charge < -0.3 is 9.15 Å². The SMILES string of the molecule is COc1ccc2c(C)c(C(=O)c3cccc(F)c3)oc2c1. The molecule has 0 spiro atoms. The van der Waals surface area contributed by atoms with Crippen LogP contribution in [0, 0.1) is 12.7 Å². The molecule has 21 heavy (non-hydrogen) atoms. The van der Waals surface area contributed by atoms with Gasteiger partial charge in [-0.2, -0.15) is 0 Å². The summed E-state index contributed by atoms with van der Waals surface area (Å²) in [6.45, 7) is 1.81. The Bertz CT molecular complexity index is 833. The van der Waals surface area contributed by atoms with Crippen molar-refractivity contribution in [1.82, 2.24) is 0 Å². The van der Waals surface area contributed by atoms with Crippen LogP contribution in [0.1, 0.15) is 21.7 Å². The van der Waals surface area contributed by atoms with Crippen molar-refractivity contribution < 1.29 is 18.3 Å². The van der Waals surface area contributed by atoms with E-state index in [1.54, 1.807) is 25.3 Å². The van der Waals surface area contributed by atoms with Gasteiger partial charge in [-0.1, -0.05) is 12.1 Å². The molecule has 106 valence electrons. The zero-order valence-electron chi connectivity index (χ0n) is 11.6. The smallest absolute Gasteiger partial charge is 0.228 e. The van der Waals surface area contributed by atoms with Crippen molar-refractivity contribution in [1.29, 1.82) is 0 Å². The Hall–Kier alpha value is -2.62. The number of rotatable bonds is 3. The molecule has 2 aromatic carbocycles. The molecule has 0 aliphatic heterocycles. The molecule has 0 bridgehead atoms. The van der Waals surface area contributed by atoms with E-state index < -0.39 is 5.82 Å². The molecule has 0 saturated carbocycles. The van der Waals surface area contributed by atoms with Crippen LogP contribution >= 0.6 is 0 Å². The number of hydrogen-bond donors (Lipinski definition) is 0. The van der Waals surface area contributed by atoms with Crippen molar-refractivity contribution in [3.8, 4) is 5.75 Å². The van der Waals surface area contributed by atoms with E-state index in [9.17, 15) is 9.18 Å². The third kappa shape index (κ3) is 2.29. The summed E-state index contributed by atoms with van der Waals surface area (Å²) in [4.78, 5) is 12.5. The first-order valence-electron chi connectivity index (χ1n) is 6.47. The second-order valence-electron chi connectivity index (χ2n) is 4.76. The second-order valence-corrected chi connectivity index (χ2v) is 4.76. The van der Waals surface area contributed by atoms with Crippen molar-refractivity contribution in [3.63, 3.8) is 0 Å². The van der Waals surface area contributed by atoms with Gasteiger partial charge in [-0.25, -0.2) is 4.39 Å². The quantitative estimate of drug-likeness (QED) is 0.679. The number of carbonyl (C=O) groups is 1. The summed E-state index contributed by atoms with van der Waals surface area (Å²) in [5.74, 6) is 0.100. The standard InChI is InChI=1S/C17H13FO3/c1-10-14-7-6-13(20-2)9-15(14)21-17(10)16(19)11-4-3-5-12(18)8-11/h3-9H,1-2H3. The molecule has 0 fully saturated rings. The number of ketones is 1. The summed E-state index contributed by atoms with van der Waals surface area (Å²) in [6, 6.07) is 11.0. The van der Waals surface area contributed by atoms with Crippen LogP contribution in [0.4, 0.5) is 4.39 Å². The predicted octanol–water partition coefficient (Wildman–Crippen LogP) is 4.12. The molecule has 3 rings (SSSR count). The first kappa shape index (κ1) is 13.4. The Morgan fingerprint density at radius 2 is 2.00 bits per heavy atom. The number of ether oxygens (including phenoxy) is 1. The fourth-order valence-electron chi connectivity index (χ4n) is 2.31. The summed E-state index contributed by atoms with van der Waals surface area (Å²) in [5.41, 5.74) is 1.58. The first-order chi connectivity index (χ1) is 10.1. The lowest BCUT2D eigenvalue weighted by Gasteiger charge is -1.99. The molecule has 0 unspecified atom stereocenters. The van der Waals surface area contributed by atoms with Crippen molar-refractivity contribution in [3.05, 3.63) is 65.2 Å². The van der Waals surface area contributed by atoms with Crippen LogP contribution in [0.25, 0.3) is 11.0 Å². The maximum atomic E-state index is 13.2. The van der Waals surface area contributed by atoms with E-state index in [0.717, 1.165) is 10.9 Å². The van der Waals surface area contributed by atoms with Crippen LogP contribution in [0.2, 0.25) is 0 Å². The lowest BCUT2D eigenvalue weighted by Crippen LogP contribution is -2.01. The number of carbonyl (C=O) groups excluding carboxylic acids is 1. The van der Waals surface area contributed by atoms with E-state index in [4.69, 9.17) is 9.15 Å². The maximum Gasteiger partial charge on any atom is 0.228 e. The molecule has 0 amide bonds. The fraction of sp³-hybridized carbons (Fsp3) is 0.118. The van der Waals surface area contributed by atoms with Gasteiger partial charge in [-0.05, 0) is 31.2 Å². The van der Waals surface area contributed by atoms with Gasteiger partial charge in [-0.3, -0.25) is 4.79 Å². The Balaban J connectivity index is 2.12. The molecule has 0 atom stereocenters. The van der Waals surface area contributed by atoms with E-state index >= 15 is 0 Å². The van der Waals surface area contributed by atoms with Gasteiger partial charge in [0.15, 0.2) is 5.76 Å². The van der Waals surface area contributed by atoms with Crippen LogP contribution in [0.3, 0.4) is 0 Å². The minimum absolute atomic E-state index is 0.226. The van der Waals surface area contributed by atoms with Gasteiger partial charge in [0.05, 0.1) is 7.11 Å². The number of methoxy groups -OCH3 is 1. The van der Waals surface area contributed by atoms with Crippen LogP contribution in [0.15, 0.2) is 46.9 Å². The molecule has 1 heterocycles. The van der Waals surface area contributed by atoms with Gasteiger partial charge in [0.1, 0.15) is 17.1 Å². The van der Waals surface area contributed by atoms with Crippen LogP contribution in [-0.4, -0.2) is 12.9 Å². The highest BCUT2D eigenvalue weighted by atomic mass is 19.1. The lowest BCUT2D eigenvalue weighted by atomic mass is 10.0. The van der Waals surface area contributed by atoms with Gasteiger partial charge in [0.2, 0.25) is 5.78 Å². The highest BCUT2D eigenvalue weighted by Crippen LogP contribution is 2.30. The number of halogens is 1. The normalized spacial score (nSPS) is 10.8. The van der Waals surface area contributed by atoms with E-state index in [2.05, 4.69) is 0 Å². The third-order valence-electron chi connectivity index (χ3n) is 3.44. The van der Waals surface area contributed by atoms with E-state index in [0.29, 0.717) is 11.3 Å². The number of furan rings is 1. The first-order valence-corrected chi connectivity index (χ1v) is 6.47. The monoisotopic (exact) mass is 284 g/mol. The predicted molar refractivity (Wildman–Crippen MR) is 77.3 cm³/mol. The molecular formula is C17H13FO3. The molecule has 0 N–H and O–H groups in total. The minimum atomic E-state index is -0.448. The molecule has 3 nitrogen and oxygen atoms in total. The highest BCUT2D eigenvalue weighted by Gasteiger charge is 2.19. The molecule has 0 aliphatic carbocycles. The third-order valence-corrected chi connectivity index (χ3v) is 3.44. The minimum Gasteiger partial charge on any atom is -0.497 e. The summed E-state index contributed by atoms with van der Waals surface area (Å²) in [7, 11) is 1.57. The van der Waals surface area contributed by atoms with E-state index in [-0.39, 0.29) is 17.1 Å². The Labute approximate surface area is 120 Å². The van der Waals surface area contributed by atoms with Crippen molar-refractivity contribution in [2.75, 3.05) is 7.11 Å². The van der Waals surface area contributed by atoms with Crippen LogP contribution in [-0.2, 0) is 0 Å². The summed E-state index contributed by atoms with van der Waals surface area (Å²) < 4.78 is 24.0. The number of aryl methyl sites for hydroxylation is 1. The van der Waals surface area contributed by atoms with Gasteiger partial charge in [0, 0.05) is 22.6 Å². The van der Waals surface area contributed by atoms with Crippen molar-refractivity contribution in [2.24, 2.45) is 0 Å². The zero-order chi connectivity index (χ0) is 15.0. The summed E-state index contributed by atoms with van der Waals surface area (Å²) in [5, 5.41) is 0.843. The number of hydrogen-bond acceptors (Lipinski definition) is 3. The average molecular weight is 284 g/mol. The zero-order valence-corrected chi connectivity index (χ0v) is 11.6. The van der Waals surface area contributed by atoms with Crippen molar-refractivity contribution >= 4 is 16.8 Å². The Kier molecular flexibility index (Phi) is 3.22.